The molecule has 92 valence electrons. The molecule has 0 saturated carbocycles. The van der Waals surface area contributed by atoms with E-state index >= 15 is 0 Å². The summed E-state index contributed by atoms with van der Waals surface area (Å²) in [6.07, 6.45) is 0.628. The molecule has 0 bridgehead atoms. The van der Waals surface area contributed by atoms with Crippen LogP contribution in [-0.4, -0.2) is 4.98 Å². The number of nitrogens with zero attached hydrogens (tertiary/aromatic N) is 2. The second-order valence-corrected chi connectivity index (χ2v) is 4.65. The van der Waals surface area contributed by atoms with E-state index in [4.69, 9.17) is 5.26 Å². The van der Waals surface area contributed by atoms with Gasteiger partial charge >= 0.3 is 0 Å². The molecule has 5 heteroatoms. The largest absolute Gasteiger partial charge is 0.240 e. The van der Waals surface area contributed by atoms with Crippen LogP contribution in [0.25, 0.3) is 11.3 Å². The summed E-state index contributed by atoms with van der Waals surface area (Å²) in [4.78, 5) is 4.16. The Morgan fingerprint density at radius 2 is 2.06 bits per heavy atom. The third kappa shape index (κ3) is 2.24. The lowest BCUT2D eigenvalue weighted by Gasteiger charge is -2.02. The minimum atomic E-state index is -0.642. The molecule has 1 aromatic heterocycles. The van der Waals surface area contributed by atoms with Gasteiger partial charge in [0, 0.05) is 5.38 Å². The Morgan fingerprint density at radius 3 is 2.61 bits per heavy atom. The maximum absolute atomic E-state index is 13.6. The molecule has 2 rings (SSSR count). The van der Waals surface area contributed by atoms with E-state index in [0.717, 1.165) is 0 Å². The zero-order chi connectivity index (χ0) is 13.1. The fourth-order valence-electron chi connectivity index (χ4n) is 1.63. The molecule has 0 N–H and O–H groups in total. The Morgan fingerprint density at radius 1 is 1.39 bits per heavy atom. The smallest absolute Gasteiger partial charge is 0.135 e. The topological polar surface area (TPSA) is 36.7 Å². The van der Waals surface area contributed by atoms with Crippen LogP contribution < -0.4 is 0 Å². The minimum Gasteiger partial charge on any atom is -0.240 e. The number of rotatable bonds is 3. The molecule has 1 aromatic carbocycles. The molecule has 1 atom stereocenters. The zero-order valence-corrected chi connectivity index (χ0v) is 10.5. The molecule has 0 amide bonds. The molecule has 2 aromatic rings. The summed E-state index contributed by atoms with van der Waals surface area (Å²) in [6, 6.07) is 5.82. The summed E-state index contributed by atoms with van der Waals surface area (Å²) in [5, 5.41) is 11.1. The molecular formula is C13H10F2N2S. The Bertz CT molecular complexity index is 581. The third-order valence-corrected chi connectivity index (χ3v) is 3.56. The number of hydrogen-bond donors (Lipinski definition) is 0. The van der Waals surface area contributed by atoms with Crippen molar-refractivity contribution < 1.29 is 8.78 Å². The molecule has 0 spiro atoms. The van der Waals surface area contributed by atoms with Crippen molar-refractivity contribution >= 4 is 11.3 Å². The Hall–Kier alpha value is -1.80. The van der Waals surface area contributed by atoms with Gasteiger partial charge in [0.2, 0.25) is 0 Å². The third-order valence-electron chi connectivity index (χ3n) is 2.60. The Kier molecular flexibility index (Phi) is 3.68. The Labute approximate surface area is 108 Å². The van der Waals surface area contributed by atoms with Crippen LogP contribution in [0, 0.1) is 23.0 Å². The predicted octanol–water partition coefficient (Wildman–Crippen LogP) is 4.11. The summed E-state index contributed by atoms with van der Waals surface area (Å²) < 4.78 is 27.1. The number of benzene rings is 1. The molecule has 0 fully saturated rings. The first kappa shape index (κ1) is 12.7. The molecule has 0 aliphatic carbocycles. The van der Waals surface area contributed by atoms with Gasteiger partial charge in [-0.3, -0.25) is 0 Å². The van der Waals surface area contributed by atoms with Crippen molar-refractivity contribution in [1.29, 1.82) is 5.26 Å². The fourth-order valence-corrected chi connectivity index (χ4v) is 2.56. The molecule has 2 nitrogen and oxygen atoms in total. The lowest BCUT2D eigenvalue weighted by molar-refractivity contribution is 0.588. The Balaban J connectivity index is 2.45. The normalized spacial score (nSPS) is 12.1. The van der Waals surface area contributed by atoms with Crippen LogP contribution in [0.5, 0.6) is 0 Å². The molecule has 0 saturated heterocycles. The van der Waals surface area contributed by atoms with Crippen LogP contribution in [0.2, 0.25) is 0 Å². The number of aromatic nitrogens is 1. The van der Waals surface area contributed by atoms with Crippen molar-refractivity contribution in [1.82, 2.24) is 4.98 Å². The summed E-state index contributed by atoms with van der Waals surface area (Å²) >= 11 is 1.25. The molecule has 1 unspecified atom stereocenters. The van der Waals surface area contributed by atoms with E-state index in [0.29, 0.717) is 11.4 Å². The highest BCUT2D eigenvalue weighted by molar-refractivity contribution is 7.10. The fraction of sp³-hybridized carbons (Fsp3) is 0.231. The zero-order valence-electron chi connectivity index (χ0n) is 9.65. The van der Waals surface area contributed by atoms with Crippen molar-refractivity contribution in [3.05, 3.63) is 40.2 Å². The average Bonchev–Trinajstić information content (AvgIpc) is 2.80. The standard InChI is InChI=1S/C13H10F2N2S/c1-2-8(6-16)13-17-11(7-18-13)12-9(14)4-3-5-10(12)15/h3-5,7-8H,2H2,1H3. The van der Waals surface area contributed by atoms with Crippen LogP contribution in [0.3, 0.4) is 0 Å². The van der Waals surface area contributed by atoms with Crippen LogP contribution in [0.15, 0.2) is 23.6 Å². The molecule has 18 heavy (non-hydrogen) atoms. The first-order valence-corrected chi connectivity index (χ1v) is 6.34. The monoisotopic (exact) mass is 264 g/mol. The van der Waals surface area contributed by atoms with Gasteiger partial charge in [-0.05, 0) is 18.6 Å². The average molecular weight is 264 g/mol. The van der Waals surface area contributed by atoms with Crippen LogP contribution in [0.4, 0.5) is 8.78 Å². The van der Waals surface area contributed by atoms with E-state index in [2.05, 4.69) is 11.1 Å². The van der Waals surface area contributed by atoms with Gasteiger partial charge in [0.25, 0.3) is 0 Å². The highest BCUT2D eigenvalue weighted by Gasteiger charge is 2.17. The van der Waals surface area contributed by atoms with Crippen molar-refractivity contribution in [2.24, 2.45) is 0 Å². The predicted molar refractivity (Wildman–Crippen MR) is 66.1 cm³/mol. The molecule has 0 aliphatic rings. The van der Waals surface area contributed by atoms with Crippen LogP contribution >= 0.6 is 11.3 Å². The quantitative estimate of drug-likeness (QED) is 0.836. The maximum Gasteiger partial charge on any atom is 0.135 e. The number of nitriles is 1. The molecule has 0 aliphatic heterocycles. The van der Waals surface area contributed by atoms with Gasteiger partial charge in [-0.1, -0.05) is 13.0 Å². The highest BCUT2D eigenvalue weighted by atomic mass is 32.1. The molecule has 0 radical (unpaired) electrons. The van der Waals surface area contributed by atoms with E-state index in [1.165, 1.54) is 29.5 Å². The summed E-state index contributed by atoms with van der Waals surface area (Å²) in [5.41, 5.74) is 0.118. The maximum atomic E-state index is 13.6. The van der Waals surface area contributed by atoms with Gasteiger partial charge in [-0.25, -0.2) is 13.8 Å². The van der Waals surface area contributed by atoms with Crippen LogP contribution in [-0.2, 0) is 0 Å². The lowest BCUT2D eigenvalue weighted by Crippen LogP contribution is -1.94. The van der Waals surface area contributed by atoms with E-state index in [9.17, 15) is 8.78 Å². The van der Waals surface area contributed by atoms with E-state index in [1.54, 1.807) is 5.38 Å². The van der Waals surface area contributed by atoms with Crippen molar-refractivity contribution in [2.75, 3.05) is 0 Å². The van der Waals surface area contributed by atoms with Crippen molar-refractivity contribution in [2.45, 2.75) is 19.3 Å². The van der Waals surface area contributed by atoms with Gasteiger partial charge in [-0.2, -0.15) is 5.26 Å². The van der Waals surface area contributed by atoms with Gasteiger partial charge in [0.1, 0.15) is 16.6 Å². The van der Waals surface area contributed by atoms with Crippen molar-refractivity contribution in [3.8, 4) is 17.3 Å². The second kappa shape index (κ2) is 5.23. The van der Waals surface area contributed by atoms with E-state index in [1.807, 2.05) is 6.92 Å². The first-order valence-electron chi connectivity index (χ1n) is 5.46. The summed E-state index contributed by atoms with van der Waals surface area (Å²) in [5.74, 6) is -1.60. The number of hydrogen-bond acceptors (Lipinski definition) is 3. The van der Waals surface area contributed by atoms with E-state index < -0.39 is 11.6 Å². The molecular weight excluding hydrogens is 254 g/mol. The van der Waals surface area contributed by atoms with Gasteiger partial charge in [0.05, 0.1) is 23.2 Å². The second-order valence-electron chi connectivity index (χ2n) is 3.76. The highest BCUT2D eigenvalue weighted by Crippen LogP contribution is 2.30. The van der Waals surface area contributed by atoms with Gasteiger partial charge in [-0.15, -0.1) is 11.3 Å². The van der Waals surface area contributed by atoms with Gasteiger partial charge in [0.15, 0.2) is 0 Å². The summed E-state index contributed by atoms with van der Waals surface area (Å²) in [7, 11) is 0. The number of thiazole rings is 1. The van der Waals surface area contributed by atoms with Crippen LogP contribution in [0.1, 0.15) is 24.3 Å². The minimum absolute atomic E-state index is 0.132. The summed E-state index contributed by atoms with van der Waals surface area (Å²) in [6.45, 7) is 1.87. The van der Waals surface area contributed by atoms with Crippen molar-refractivity contribution in [3.63, 3.8) is 0 Å². The SMILES string of the molecule is CCC(C#N)c1nc(-c2c(F)cccc2F)cs1. The van der Waals surface area contributed by atoms with Gasteiger partial charge < -0.3 is 0 Å². The first-order chi connectivity index (χ1) is 8.67. The lowest BCUT2D eigenvalue weighted by atomic mass is 10.1. The number of halogens is 2. The van der Waals surface area contributed by atoms with E-state index in [-0.39, 0.29) is 17.2 Å². The molecule has 1 heterocycles.